The topological polar surface area (TPSA) is 3.24 Å². The molecule has 0 bridgehead atoms. The molecule has 2 heteroatoms. The summed E-state index contributed by atoms with van der Waals surface area (Å²) in [5, 5.41) is 4.62. The maximum atomic E-state index is 2.57. The number of hydrogen-bond acceptors (Lipinski definition) is 1. The Morgan fingerprint density at radius 1 is 1.06 bits per heavy atom. The van der Waals surface area contributed by atoms with Crippen molar-refractivity contribution in [2.24, 2.45) is 0 Å². The summed E-state index contributed by atoms with van der Waals surface area (Å²) in [5.74, 6) is 0. The Morgan fingerprint density at radius 3 is 2.25 bits per heavy atom. The van der Waals surface area contributed by atoms with Crippen LogP contribution in [0.5, 0.6) is 0 Å². The Hall–Kier alpha value is -0.448. The molecule has 1 aromatic rings. The normalized spacial score (nSPS) is 18.1. The second-order valence-corrected chi connectivity index (χ2v) is 8.58. The number of nitrogens with zero attached hydrogens (tertiary/aromatic N) is 1. The summed E-state index contributed by atoms with van der Waals surface area (Å²) in [5.41, 5.74) is 1.42. The summed E-state index contributed by atoms with van der Waals surface area (Å²) in [6.07, 6.45) is 2.83. The van der Waals surface area contributed by atoms with Gasteiger partial charge in [-0.2, -0.15) is 0 Å². The fourth-order valence-corrected chi connectivity index (χ4v) is 5.33. The first-order valence-corrected chi connectivity index (χ1v) is 9.15. The van der Waals surface area contributed by atoms with Crippen molar-refractivity contribution in [2.75, 3.05) is 18.0 Å². The van der Waals surface area contributed by atoms with Gasteiger partial charge in [-0.3, -0.25) is 0 Å². The van der Waals surface area contributed by atoms with Gasteiger partial charge in [-0.05, 0) is 25.0 Å². The van der Waals surface area contributed by atoms with E-state index in [2.05, 4.69) is 42.2 Å². The third-order valence-electron chi connectivity index (χ3n) is 3.78. The third-order valence-corrected chi connectivity index (χ3v) is 7.38. The standard InChI is InChI=1S/C12H17N.C2H5.Al/c1-3-10-13(11-4-2)12-8-6-5-7-9-12;1-2;/h5-9H,1-4,10-11H2;1H2,2H3;. The number of rotatable bonds is 2. The largest absolute Gasteiger partial charge is 0.372 e. The molecule has 2 rings (SSSR count). The highest BCUT2D eigenvalue weighted by atomic mass is 27.2. The zero-order chi connectivity index (χ0) is 11.2. The molecule has 1 aliphatic rings. The molecule has 0 amide bonds. The Kier molecular flexibility index (Phi) is 4.75. The molecule has 1 fully saturated rings. The average molecular weight is 231 g/mol. The second-order valence-electron chi connectivity index (χ2n) is 4.88. The molecule has 0 spiro atoms. The van der Waals surface area contributed by atoms with Crippen molar-refractivity contribution in [1.29, 1.82) is 0 Å². The zero-order valence-corrected chi connectivity index (χ0v) is 11.5. The van der Waals surface area contributed by atoms with E-state index in [9.17, 15) is 0 Å². The van der Waals surface area contributed by atoms with Crippen LogP contribution in [0.1, 0.15) is 19.8 Å². The SMILES string of the molecule is C[CH2][Al]1[CH2]CCN(c2ccccc2)CC[CH2]1. The molecule has 0 saturated carbocycles. The number of anilines is 1. The van der Waals surface area contributed by atoms with Crippen molar-refractivity contribution < 1.29 is 0 Å². The Balaban J connectivity index is 1.93. The van der Waals surface area contributed by atoms with Gasteiger partial charge in [0.05, 0.1) is 0 Å². The van der Waals surface area contributed by atoms with E-state index in [1.807, 2.05) is 0 Å². The Labute approximate surface area is 104 Å². The summed E-state index contributed by atoms with van der Waals surface area (Å²) >= 11 is -0.327. The van der Waals surface area contributed by atoms with Crippen molar-refractivity contribution in [3.05, 3.63) is 30.3 Å². The first-order chi connectivity index (χ1) is 7.90. The molecule has 0 radical (unpaired) electrons. The monoisotopic (exact) mass is 231 g/mol. The predicted octanol–water partition coefficient (Wildman–Crippen LogP) is 3.80. The summed E-state index contributed by atoms with van der Waals surface area (Å²) in [6, 6.07) is 10.9. The molecule has 1 heterocycles. The van der Waals surface area contributed by atoms with Crippen molar-refractivity contribution in [3.8, 4) is 0 Å². The van der Waals surface area contributed by atoms with Crippen LogP contribution in [0.25, 0.3) is 0 Å². The van der Waals surface area contributed by atoms with Gasteiger partial charge in [0.15, 0.2) is 0 Å². The molecule has 16 heavy (non-hydrogen) atoms. The summed E-state index contributed by atoms with van der Waals surface area (Å²) < 4.78 is 0. The third kappa shape index (κ3) is 3.27. The van der Waals surface area contributed by atoms with Gasteiger partial charge in [0.25, 0.3) is 14.1 Å². The van der Waals surface area contributed by atoms with Gasteiger partial charge in [-0.25, -0.2) is 0 Å². The molecule has 1 aromatic carbocycles. The van der Waals surface area contributed by atoms with E-state index in [-0.39, 0.29) is 14.1 Å². The average Bonchev–Trinajstić information content (AvgIpc) is 2.30. The molecular formula is C14H22AlN. The minimum absolute atomic E-state index is 0.327. The van der Waals surface area contributed by atoms with Gasteiger partial charge in [0.2, 0.25) is 0 Å². The second kappa shape index (κ2) is 6.33. The van der Waals surface area contributed by atoms with Crippen LogP contribution >= 0.6 is 0 Å². The molecule has 0 N–H and O–H groups in total. The molecule has 0 aromatic heterocycles. The molecule has 0 unspecified atom stereocenters. The van der Waals surface area contributed by atoms with E-state index in [4.69, 9.17) is 0 Å². The lowest BCUT2D eigenvalue weighted by Crippen LogP contribution is -2.30. The Bertz CT molecular complexity index is 289. The lowest BCUT2D eigenvalue weighted by Gasteiger charge is -2.28. The van der Waals surface area contributed by atoms with Crippen LogP contribution in [0.3, 0.4) is 0 Å². The van der Waals surface area contributed by atoms with Gasteiger partial charge in [0, 0.05) is 18.8 Å². The van der Waals surface area contributed by atoms with E-state index in [0.717, 1.165) is 0 Å². The lowest BCUT2D eigenvalue weighted by molar-refractivity contribution is 0.718. The molecule has 1 saturated heterocycles. The van der Waals surface area contributed by atoms with Crippen molar-refractivity contribution >= 4 is 19.8 Å². The molecule has 0 aliphatic carbocycles. The van der Waals surface area contributed by atoms with Crippen LogP contribution in [0.2, 0.25) is 15.8 Å². The molecule has 86 valence electrons. The minimum atomic E-state index is -0.327. The summed E-state index contributed by atoms with van der Waals surface area (Å²) in [6.45, 7) is 4.94. The maximum absolute atomic E-state index is 2.57. The summed E-state index contributed by atoms with van der Waals surface area (Å²) in [7, 11) is 0. The van der Waals surface area contributed by atoms with Crippen LogP contribution < -0.4 is 4.90 Å². The zero-order valence-electron chi connectivity index (χ0n) is 10.4. The van der Waals surface area contributed by atoms with Crippen molar-refractivity contribution in [3.63, 3.8) is 0 Å². The first kappa shape index (κ1) is 12.0. The molecule has 0 atom stereocenters. The van der Waals surface area contributed by atoms with Gasteiger partial charge < -0.3 is 4.90 Å². The van der Waals surface area contributed by atoms with Crippen molar-refractivity contribution in [1.82, 2.24) is 0 Å². The van der Waals surface area contributed by atoms with E-state index in [1.165, 1.54) is 36.9 Å². The number of benzene rings is 1. The highest BCUT2D eigenvalue weighted by Crippen LogP contribution is 2.20. The van der Waals surface area contributed by atoms with Crippen molar-refractivity contribution in [2.45, 2.75) is 35.6 Å². The quantitative estimate of drug-likeness (QED) is 0.700. The smallest absolute Gasteiger partial charge is 0.261 e. The van der Waals surface area contributed by atoms with Crippen LogP contribution in [0.15, 0.2) is 30.3 Å². The van der Waals surface area contributed by atoms with E-state index in [0.29, 0.717) is 0 Å². The summed E-state index contributed by atoms with van der Waals surface area (Å²) in [4.78, 5) is 2.57. The highest BCUT2D eigenvalue weighted by molar-refractivity contribution is 6.58. The minimum Gasteiger partial charge on any atom is -0.372 e. The lowest BCUT2D eigenvalue weighted by atomic mass is 10.2. The van der Waals surface area contributed by atoms with E-state index in [1.54, 1.807) is 10.6 Å². The van der Waals surface area contributed by atoms with E-state index < -0.39 is 0 Å². The fourth-order valence-electron chi connectivity index (χ4n) is 2.70. The first-order valence-electron chi connectivity index (χ1n) is 6.70. The fraction of sp³-hybridized carbons (Fsp3) is 0.571. The predicted molar refractivity (Wildman–Crippen MR) is 73.7 cm³/mol. The van der Waals surface area contributed by atoms with Gasteiger partial charge in [0.1, 0.15) is 0 Å². The molecule has 1 nitrogen and oxygen atoms in total. The van der Waals surface area contributed by atoms with Gasteiger partial charge in [-0.1, -0.05) is 41.0 Å². The van der Waals surface area contributed by atoms with Crippen LogP contribution in [0, 0.1) is 0 Å². The van der Waals surface area contributed by atoms with Crippen LogP contribution in [-0.4, -0.2) is 27.2 Å². The van der Waals surface area contributed by atoms with E-state index >= 15 is 0 Å². The number of hydrogen-bond donors (Lipinski definition) is 0. The van der Waals surface area contributed by atoms with Gasteiger partial charge >= 0.3 is 0 Å². The Morgan fingerprint density at radius 2 is 1.69 bits per heavy atom. The van der Waals surface area contributed by atoms with Crippen LogP contribution in [-0.2, 0) is 0 Å². The maximum Gasteiger partial charge on any atom is 0.261 e. The number of para-hydroxylation sites is 1. The van der Waals surface area contributed by atoms with Crippen LogP contribution in [0.4, 0.5) is 5.69 Å². The van der Waals surface area contributed by atoms with Gasteiger partial charge in [-0.15, -0.1) is 0 Å². The molecule has 1 aliphatic heterocycles. The highest BCUT2D eigenvalue weighted by Gasteiger charge is 2.18. The molecular weight excluding hydrogens is 209 g/mol.